The molecule has 0 aliphatic carbocycles. The van der Waals surface area contributed by atoms with E-state index in [9.17, 15) is 0 Å². The van der Waals surface area contributed by atoms with E-state index < -0.39 is 0 Å². The van der Waals surface area contributed by atoms with Crippen LogP contribution in [0.5, 0.6) is 0 Å². The number of aryl methyl sites for hydroxylation is 1. The highest BCUT2D eigenvalue weighted by Gasteiger charge is 2.12. The van der Waals surface area contributed by atoms with Crippen LogP contribution in [0.1, 0.15) is 11.1 Å². The molecule has 0 heterocycles. The Labute approximate surface area is 131 Å². The maximum absolute atomic E-state index is 2.29. The standard InChI is InChI=1S/C22H18/c1-15-14-18-9-4-6-12-20(18)22(16(15)2)21-13-7-10-17-8-3-5-11-19(17)21/h3-14H,1-2H3. The van der Waals surface area contributed by atoms with E-state index in [4.69, 9.17) is 0 Å². The lowest BCUT2D eigenvalue weighted by Crippen LogP contribution is -1.91. The zero-order chi connectivity index (χ0) is 15.1. The number of hydrogen-bond donors (Lipinski definition) is 0. The van der Waals surface area contributed by atoms with E-state index in [-0.39, 0.29) is 0 Å². The van der Waals surface area contributed by atoms with Crippen LogP contribution in [0.4, 0.5) is 0 Å². The Kier molecular flexibility index (Phi) is 2.97. The molecule has 0 amide bonds. The van der Waals surface area contributed by atoms with Crippen molar-refractivity contribution in [3.8, 4) is 11.1 Å². The summed E-state index contributed by atoms with van der Waals surface area (Å²) in [7, 11) is 0. The lowest BCUT2D eigenvalue weighted by atomic mass is 9.88. The van der Waals surface area contributed by atoms with E-state index in [1.54, 1.807) is 0 Å². The van der Waals surface area contributed by atoms with Crippen LogP contribution in [0.2, 0.25) is 0 Å². The van der Waals surface area contributed by atoms with E-state index in [0.717, 1.165) is 0 Å². The highest BCUT2D eigenvalue weighted by Crippen LogP contribution is 2.37. The molecule has 0 heteroatoms. The third-order valence-corrected chi connectivity index (χ3v) is 4.63. The fraction of sp³-hybridized carbons (Fsp3) is 0.0909. The molecular formula is C22H18. The first-order chi connectivity index (χ1) is 10.8. The molecule has 0 nitrogen and oxygen atoms in total. The van der Waals surface area contributed by atoms with Gasteiger partial charge in [0.05, 0.1) is 0 Å². The fourth-order valence-electron chi connectivity index (χ4n) is 3.38. The second-order valence-corrected chi connectivity index (χ2v) is 5.94. The molecule has 0 radical (unpaired) electrons. The molecule has 0 aliphatic rings. The van der Waals surface area contributed by atoms with Crippen LogP contribution in [-0.2, 0) is 0 Å². The Morgan fingerprint density at radius 2 is 1.23 bits per heavy atom. The van der Waals surface area contributed by atoms with Crippen molar-refractivity contribution in [1.29, 1.82) is 0 Å². The van der Waals surface area contributed by atoms with Crippen LogP contribution in [0, 0.1) is 13.8 Å². The second-order valence-electron chi connectivity index (χ2n) is 5.94. The van der Waals surface area contributed by atoms with Crippen LogP contribution in [0.25, 0.3) is 32.7 Å². The largest absolute Gasteiger partial charge is 0.0616 e. The van der Waals surface area contributed by atoms with E-state index in [2.05, 4.69) is 86.6 Å². The Hall–Kier alpha value is -2.60. The third kappa shape index (κ3) is 1.92. The molecule has 22 heavy (non-hydrogen) atoms. The molecule has 4 aromatic rings. The van der Waals surface area contributed by atoms with Crippen molar-refractivity contribution < 1.29 is 0 Å². The molecule has 0 aromatic heterocycles. The Morgan fingerprint density at radius 3 is 2.05 bits per heavy atom. The van der Waals surface area contributed by atoms with Gasteiger partial charge in [-0.05, 0) is 57.6 Å². The van der Waals surface area contributed by atoms with Crippen molar-refractivity contribution in [2.24, 2.45) is 0 Å². The van der Waals surface area contributed by atoms with Crippen LogP contribution in [0.15, 0.2) is 72.8 Å². The van der Waals surface area contributed by atoms with Gasteiger partial charge in [-0.15, -0.1) is 0 Å². The lowest BCUT2D eigenvalue weighted by Gasteiger charge is -2.15. The first kappa shape index (κ1) is 13.1. The molecule has 0 fully saturated rings. The summed E-state index contributed by atoms with van der Waals surface area (Å²) in [4.78, 5) is 0. The van der Waals surface area contributed by atoms with Gasteiger partial charge in [0, 0.05) is 0 Å². The summed E-state index contributed by atoms with van der Waals surface area (Å²) in [5.41, 5.74) is 5.42. The van der Waals surface area contributed by atoms with Crippen molar-refractivity contribution in [3.63, 3.8) is 0 Å². The van der Waals surface area contributed by atoms with Crippen molar-refractivity contribution >= 4 is 21.5 Å². The Bertz CT molecular complexity index is 988. The first-order valence-electron chi connectivity index (χ1n) is 7.73. The van der Waals surface area contributed by atoms with Crippen molar-refractivity contribution in [1.82, 2.24) is 0 Å². The zero-order valence-electron chi connectivity index (χ0n) is 12.9. The number of rotatable bonds is 1. The molecule has 0 spiro atoms. The molecule has 0 saturated carbocycles. The van der Waals surface area contributed by atoms with Crippen molar-refractivity contribution in [2.45, 2.75) is 13.8 Å². The molecule has 4 aromatic carbocycles. The van der Waals surface area contributed by atoms with Gasteiger partial charge in [0.1, 0.15) is 0 Å². The van der Waals surface area contributed by atoms with Gasteiger partial charge in [-0.1, -0.05) is 72.8 Å². The number of fused-ring (bicyclic) bond motifs is 2. The van der Waals surface area contributed by atoms with E-state index in [0.29, 0.717) is 0 Å². The fourth-order valence-corrected chi connectivity index (χ4v) is 3.38. The van der Waals surface area contributed by atoms with Gasteiger partial charge in [0.15, 0.2) is 0 Å². The highest BCUT2D eigenvalue weighted by molar-refractivity contribution is 6.06. The maximum atomic E-state index is 2.29. The molecule has 0 bridgehead atoms. The lowest BCUT2D eigenvalue weighted by molar-refractivity contribution is 1.37. The van der Waals surface area contributed by atoms with Gasteiger partial charge in [0.25, 0.3) is 0 Å². The van der Waals surface area contributed by atoms with Gasteiger partial charge < -0.3 is 0 Å². The second kappa shape index (κ2) is 4.99. The van der Waals surface area contributed by atoms with Crippen LogP contribution >= 0.6 is 0 Å². The van der Waals surface area contributed by atoms with Gasteiger partial charge >= 0.3 is 0 Å². The molecular weight excluding hydrogens is 264 g/mol. The van der Waals surface area contributed by atoms with Crippen molar-refractivity contribution in [2.75, 3.05) is 0 Å². The van der Waals surface area contributed by atoms with E-state index >= 15 is 0 Å². The summed E-state index contributed by atoms with van der Waals surface area (Å²) in [5, 5.41) is 5.27. The van der Waals surface area contributed by atoms with Gasteiger partial charge in [0.2, 0.25) is 0 Å². The average Bonchev–Trinajstić information content (AvgIpc) is 2.56. The van der Waals surface area contributed by atoms with E-state index in [1.165, 1.54) is 43.8 Å². The summed E-state index contributed by atoms with van der Waals surface area (Å²) in [6.45, 7) is 4.44. The molecule has 0 aliphatic heterocycles. The van der Waals surface area contributed by atoms with Gasteiger partial charge in [-0.3, -0.25) is 0 Å². The summed E-state index contributed by atoms with van der Waals surface area (Å²) >= 11 is 0. The third-order valence-electron chi connectivity index (χ3n) is 4.63. The average molecular weight is 282 g/mol. The summed E-state index contributed by atoms with van der Waals surface area (Å²) < 4.78 is 0. The maximum Gasteiger partial charge on any atom is -0.00672 e. The molecule has 0 N–H and O–H groups in total. The van der Waals surface area contributed by atoms with Crippen molar-refractivity contribution in [3.05, 3.63) is 83.9 Å². The highest BCUT2D eigenvalue weighted by atomic mass is 14.2. The first-order valence-corrected chi connectivity index (χ1v) is 7.73. The molecule has 0 atom stereocenters. The summed E-state index contributed by atoms with van der Waals surface area (Å²) in [6, 6.07) is 26.2. The van der Waals surface area contributed by atoms with Crippen LogP contribution < -0.4 is 0 Å². The SMILES string of the molecule is Cc1cc2ccccc2c(-c2cccc3ccccc23)c1C. The Balaban J connectivity index is 2.19. The summed E-state index contributed by atoms with van der Waals surface area (Å²) in [6.07, 6.45) is 0. The molecule has 4 rings (SSSR count). The molecule has 106 valence electrons. The van der Waals surface area contributed by atoms with Gasteiger partial charge in [-0.2, -0.15) is 0 Å². The predicted octanol–water partition coefficient (Wildman–Crippen LogP) is 6.28. The quantitative estimate of drug-likeness (QED) is 0.385. The minimum absolute atomic E-state index is 1.30. The van der Waals surface area contributed by atoms with Crippen LogP contribution in [0.3, 0.4) is 0 Å². The Morgan fingerprint density at radius 1 is 0.591 bits per heavy atom. The minimum atomic E-state index is 1.30. The normalized spacial score (nSPS) is 11.2. The molecule has 0 saturated heterocycles. The predicted molar refractivity (Wildman–Crippen MR) is 96.4 cm³/mol. The van der Waals surface area contributed by atoms with Gasteiger partial charge in [-0.25, -0.2) is 0 Å². The zero-order valence-corrected chi connectivity index (χ0v) is 12.9. The minimum Gasteiger partial charge on any atom is -0.0616 e. The smallest absolute Gasteiger partial charge is 0.00672 e. The van der Waals surface area contributed by atoms with Crippen LogP contribution in [-0.4, -0.2) is 0 Å². The number of hydrogen-bond acceptors (Lipinski definition) is 0. The number of benzene rings is 4. The van der Waals surface area contributed by atoms with E-state index in [1.807, 2.05) is 0 Å². The topological polar surface area (TPSA) is 0 Å². The molecule has 0 unspecified atom stereocenters. The monoisotopic (exact) mass is 282 g/mol. The summed E-state index contributed by atoms with van der Waals surface area (Å²) in [5.74, 6) is 0.